The van der Waals surface area contributed by atoms with Crippen molar-refractivity contribution >= 4 is 23.9 Å². The summed E-state index contributed by atoms with van der Waals surface area (Å²) in [6.07, 6.45) is -0.427. The van der Waals surface area contributed by atoms with Gasteiger partial charge in [-0.25, -0.2) is 9.59 Å². The van der Waals surface area contributed by atoms with Crippen molar-refractivity contribution in [1.29, 1.82) is 0 Å². The summed E-state index contributed by atoms with van der Waals surface area (Å²) < 4.78 is 0. The van der Waals surface area contributed by atoms with E-state index in [0.29, 0.717) is 0 Å². The lowest BCUT2D eigenvalue weighted by molar-refractivity contribution is -0.143. The molecule has 0 spiro atoms. The Labute approximate surface area is 208 Å². The van der Waals surface area contributed by atoms with Gasteiger partial charge in [-0.15, -0.1) is 0 Å². The first kappa shape index (κ1) is 29.9. The molecule has 196 valence electrons. The number of carbonyl (C=O) groups excluding carboxylic acids is 2. The van der Waals surface area contributed by atoms with Crippen LogP contribution in [-0.2, 0) is 20.9 Å². The van der Waals surface area contributed by atoms with Crippen molar-refractivity contribution in [1.82, 2.24) is 15.5 Å². The molecule has 3 atom stereocenters. The van der Waals surface area contributed by atoms with Crippen molar-refractivity contribution in [3.8, 4) is 0 Å². The Balaban J connectivity index is 3.17. The fraction of sp³-hybridized carbons (Fsp3) is 0.615. The predicted molar refractivity (Wildman–Crippen MR) is 134 cm³/mol. The molecule has 0 aliphatic carbocycles. The summed E-state index contributed by atoms with van der Waals surface area (Å²) in [4.78, 5) is 51.3. The molecule has 0 saturated heterocycles. The minimum atomic E-state index is -1.23. The molecule has 35 heavy (non-hydrogen) atoms. The molecule has 0 fully saturated rings. The van der Waals surface area contributed by atoms with Gasteiger partial charge in [-0.05, 0) is 42.6 Å². The summed E-state index contributed by atoms with van der Waals surface area (Å²) in [5.74, 6) is -2.21. The lowest BCUT2D eigenvalue weighted by Gasteiger charge is -2.32. The average Bonchev–Trinajstić information content (AvgIpc) is 2.74. The van der Waals surface area contributed by atoms with Crippen molar-refractivity contribution in [2.45, 2.75) is 85.5 Å². The number of carbonyl (C=O) groups is 4. The van der Waals surface area contributed by atoms with E-state index in [4.69, 9.17) is 0 Å². The SMILES string of the molecule is CC(C)C[C@H](NC(=O)[C@H](CC(C)C)NC(=O)[C@H](CC(C)C)N(Cc1ccccc1)C(=O)O)C(=O)O. The summed E-state index contributed by atoms with van der Waals surface area (Å²) >= 11 is 0. The quantitative estimate of drug-likeness (QED) is 0.313. The van der Waals surface area contributed by atoms with E-state index in [1.165, 1.54) is 0 Å². The number of nitrogens with zero attached hydrogens (tertiary/aromatic N) is 1. The second-order valence-corrected chi connectivity index (χ2v) is 10.3. The monoisotopic (exact) mass is 491 g/mol. The topological polar surface area (TPSA) is 136 Å². The van der Waals surface area contributed by atoms with Gasteiger partial charge in [0.05, 0.1) is 0 Å². The second-order valence-electron chi connectivity index (χ2n) is 10.3. The summed E-state index contributed by atoms with van der Waals surface area (Å²) in [7, 11) is 0. The number of rotatable bonds is 14. The molecule has 3 amide bonds. The van der Waals surface area contributed by atoms with Gasteiger partial charge in [-0.3, -0.25) is 14.5 Å². The average molecular weight is 492 g/mol. The first-order valence-electron chi connectivity index (χ1n) is 12.2. The Morgan fingerprint density at radius 2 is 1.23 bits per heavy atom. The van der Waals surface area contributed by atoms with Gasteiger partial charge < -0.3 is 20.8 Å². The van der Waals surface area contributed by atoms with Gasteiger partial charge in [0.15, 0.2) is 0 Å². The minimum absolute atomic E-state index is 0.0168. The van der Waals surface area contributed by atoms with Crippen LogP contribution in [0.4, 0.5) is 4.79 Å². The molecule has 0 aliphatic rings. The third-order valence-corrected chi connectivity index (χ3v) is 5.48. The van der Waals surface area contributed by atoms with Crippen LogP contribution in [0.5, 0.6) is 0 Å². The highest BCUT2D eigenvalue weighted by molar-refractivity contribution is 5.92. The van der Waals surface area contributed by atoms with Crippen LogP contribution in [0, 0.1) is 17.8 Å². The van der Waals surface area contributed by atoms with Gasteiger partial charge in [0.2, 0.25) is 11.8 Å². The van der Waals surface area contributed by atoms with Gasteiger partial charge in [0, 0.05) is 6.54 Å². The molecule has 0 aromatic heterocycles. The molecular formula is C26H41N3O6. The Hall–Kier alpha value is -3.10. The maximum Gasteiger partial charge on any atom is 0.408 e. The summed E-state index contributed by atoms with van der Waals surface area (Å²) in [6, 6.07) is 5.92. The number of amides is 3. The molecule has 0 heterocycles. The zero-order valence-electron chi connectivity index (χ0n) is 21.7. The first-order valence-corrected chi connectivity index (χ1v) is 12.2. The lowest BCUT2D eigenvalue weighted by atomic mass is 9.98. The van der Waals surface area contributed by atoms with Crippen LogP contribution in [0.3, 0.4) is 0 Å². The van der Waals surface area contributed by atoms with Gasteiger partial charge in [-0.2, -0.15) is 0 Å². The second kappa shape index (κ2) is 14.3. The van der Waals surface area contributed by atoms with Gasteiger partial charge in [0.25, 0.3) is 0 Å². The number of benzene rings is 1. The van der Waals surface area contributed by atoms with Gasteiger partial charge in [-0.1, -0.05) is 71.9 Å². The largest absolute Gasteiger partial charge is 0.480 e. The van der Waals surface area contributed by atoms with E-state index in [1.807, 2.05) is 47.6 Å². The van der Waals surface area contributed by atoms with Crippen LogP contribution in [-0.4, -0.2) is 57.1 Å². The van der Waals surface area contributed by atoms with E-state index < -0.39 is 42.0 Å². The molecule has 0 saturated carbocycles. The van der Waals surface area contributed by atoms with Crippen molar-refractivity contribution < 1.29 is 29.4 Å². The predicted octanol–water partition coefficient (Wildman–Crippen LogP) is 3.73. The van der Waals surface area contributed by atoms with Crippen LogP contribution >= 0.6 is 0 Å². The highest BCUT2D eigenvalue weighted by Crippen LogP contribution is 2.17. The van der Waals surface area contributed by atoms with Crippen LogP contribution in [0.15, 0.2) is 30.3 Å². The molecule has 0 bridgehead atoms. The molecule has 0 aliphatic heterocycles. The Kier molecular flexibility index (Phi) is 12.3. The minimum Gasteiger partial charge on any atom is -0.480 e. The highest BCUT2D eigenvalue weighted by Gasteiger charge is 2.34. The number of hydrogen-bond acceptors (Lipinski definition) is 4. The zero-order chi connectivity index (χ0) is 26.7. The number of hydrogen-bond donors (Lipinski definition) is 4. The maximum absolute atomic E-state index is 13.4. The van der Waals surface area contributed by atoms with Crippen LogP contribution in [0.2, 0.25) is 0 Å². The van der Waals surface area contributed by atoms with E-state index >= 15 is 0 Å². The molecule has 1 aromatic carbocycles. The fourth-order valence-corrected chi connectivity index (χ4v) is 3.85. The summed E-state index contributed by atoms with van der Waals surface area (Å²) in [5, 5.41) is 24.7. The third-order valence-electron chi connectivity index (χ3n) is 5.48. The van der Waals surface area contributed by atoms with Crippen molar-refractivity contribution in [3.05, 3.63) is 35.9 Å². The summed E-state index contributed by atoms with van der Waals surface area (Å²) in [5.41, 5.74) is 0.742. The number of nitrogens with one attached hydrogen (secondary N) is 2. The Morgan fingerprint density at radius 3 is 1.69 bits per heavy atom. The van der Waals surface area contributed by atoms with Crippen molar-refractivity contribution in [2.24, 2.45) is 17.8 Å². The Bertz CT molecular complexity index is 841. The molecular weight excluding hydrogens is 450 g/mol. The third kappa shape index (κ3) is 10.8. The van der Waals surface area contributed by atoms with E-state index in [-0.39, 0.29) is 43.6 Å². The highest BCUT2D eigenvalue weighted by atomic mass is 16.4. The molecule has 4 N–H and O–H groups in total. The van der Waals surface area contributed by atoms with Gasteiger partial charge >= 0.3 is 12.1 Å². The Morgan fingerprint density at radius 1 is 0.743 bits per heavy atom. The maximum atomic E-state index is 13.4. The smallest absolute Gasteiger partial charge is 0.408 e. The van der Waals surface area contributed by atoms with E-state index in [2.05, 4.69) is 10.6 Å². The molecule has 9 nitrogen and oxygen atoms in total. The van der Waals surface area contributed by atoms with E-state index in [9.17, 15) is 29.4 Å². The van der Waals surface area contributed by atoms with E-state index in [1.54, 1.807) is 24.3 Å². The van der Waals surface area contributed by atoms with Crippen LogP contribution in [0.1, 0.15) is 66.4 Å². The van der Waals surface area contributed by atoms with E-state index in [0.717, 1.165) is 10.5 Å². The molecule has 1 rings (SSSR count). The molecule has 0 unspecified atom stereocenters. The number of carboxylic acid groups (broad SMARTS) is 2. The molecule has 1 aromatic rings. The van der Waals surface area contributed by atoms with Gasteiger partial charge in [0.1, 0.15) is 18.1 Å². The zero-order valence-corrected chi connectivity index (χ0v) is 21.7. The fourth-order valence-electron chi connectivity index (χ4n) is 3.85. The summed E-state index contributed by atoms with van der Waals surface area (Å²) in [6.45, 7) is 11.3. The van der Waals surface area contributed by atoms with Crippen LogP contribution in [0.25, 0.3) is 0 Å². The lowest BCUT2D eigenvalue weighted by Crippen LogP contribution is -2.57. The van der Waals surface area contributed by atoms with Crippen LogP contribution < -0.4 is 10.6 Å². The first-order chi connectivity index (χ1) is 16.3. The van der Waals surface area contributed by atoms with Crippen molar-refractivity contribution in [2.75, 3.05) is 0 Å². The molecule has 9 heteroatoms. The standard InChI is InChI=1S/C26H41N3O6/c1-16(2)12-20(23(30)28-21(25(32)33)13-17(3)4)27-24(31)22(14-18(5)6)29(26(34)35)15-19-10-8-7-9-11-19/h7-11,16-18,20-22H,12-15H2,1-6H3,(H,27,31)(H,28,30)(H,32,33)(H,34,35)/t20-,21-,22-/m0/s1. The number of aliphatic carboxylic acids is 1. The normalized spacial score (nSPS) is 13.9. The molecule has 0 radical (unpaired) electrons. The number of carboxylic acids is 1. The van der Waals surface area contributed by atoms with Crippen molar-refractivity contribution in [3.63, 3.8) is 0 Å².